The van der Waals surface area contributed by atoms with Gasteiger partial charge in [-0.3, -0.25) is 4.79 Å². The molecule has 0 aliphatic rings. The number of aryl methyl sites for hydroxylation is 2. The largest absolute Gasteiger partial charge is 0.348 e. The van der Waals surface area contributed by atoms with Crippen LogP contribution in [-0.2, 0) is 16.6 Å². The molecule has 0 saturated carbocycles. The van der Waals surface area contributed by atoms with Crippen molar-refractivity contribution in [3.63, 3.8) is 0 Å². The molecule has 8 heteroatoms. The van der Waals surface area contributed by atoms with Crippen LogP contribution in [-0.4, -0.2) is 41.7 Å². The first-order valence-corrected chi connectivity index (χ1v) is 11.3. The van der Waals surface area contributed by atoms with Crippen LogP contribution in [0.15, 0.2) is 47.4 Å². The molecule has 1 aromatic heterocycles. The van der Waals surface area contributed by atoms with E-state index >= 15 is 0 Å². The number of hydrogen-bond donors (Lipinski definition) is 1. The Morgan fingerprint density at radius 1 is 0.933 bits per heavy atom. The van der Waals surface area contributed by atoms with Gasteiger partial charge in [-0.1, -0.05) is 26.0 Å². The van der Waals surface area contributed by atoms with E-state index in [1.165, 1.54) is 4.31 Å². The van der Waals surface area contributed by atoms with Crippen molar-refractivity contribution in [1.82, 2.24) is 19.6 Å². The van der Waals surface area contributed by atoms with Gasteiger partial charge in [0.25, 0.3) is 5.91 Å². The topological polar surface area (TPSA) is 92.3 Å². The average molecular weight is 427 g/mol. The quantitative estimate of drug-likeness (QED) is 0.626. The van der Waals surface area contributed by atoms with Crippen LogP contribution in [0.1, 0.15) is 41.2 Å². The lowest BCUT2D eigenvalue weighted by Crippen LogP contribution is -2.30. The van der Waals surface area contributed by atoms with E-state index in [9.17, 15) is 13.2 Å². The average Bonchev–Trinajstić information content (AvgIpc) is 2.73. The fraction of sp³-hybridized carbons (Fsp3) is 0.318. The molecule has 0 unspecified atom stereocenters. The molecule has 0 aliphatic carbocycles. The number of hydrogen-bond acceptors (Lipinski definition) is 5. The van der Waals surface area contributed by atoms with Gasteiger partial charge in [-0.15, -0.1) is 0 Å². The van der Waals surface area contributed by atoms with E-state index in [1.807, 2.05) is 27.7 Å². The molecular formula is C22H26N4O3S. The second-order valence-electron chi connectivity index (χ2n) is 7.01. The van der Waals surface area contributed by atoms with Crippen molar-refractivity contribution in [1.29, 1.82) is 0 Å². The fourth-order valence-electron chi connectivity index (χ4n) is 3.15. The van der Waals surface area contributed by atoms with Crippen LogP contribution >= 0.6 is 0 Å². The van der Waals surface area contributed by atoms with Crippen molar-refractivity contribution in [3.8, 4) is 0 Å². The third-order valence-corrected chi connectivity index (χ3v) is 7.12. The van der Waals surface area contributed by atoms with Crippen LogP contribution in [0.3, 0.4) is 0 Å². The van der Waals surface area contributed by atoms with Gasteiger partial charge in [0.2, 0.25) is 10.0 Å². The van der Waals surface area contributed by atoms with Gasteiger partial charge in [-0.05, 0) is 49.7 Å². The Morgan fingerprint density at radius 2 is 1.53 bits per heavy atom. The first-order valence-electron chi connectivity index (χ1n) is 9.88. The number of carbonyl (C=O) groups is 1. The highest BCUT2D eigenvalue weighted by atomic mass is 32.2. The van der Waals surface area contributed by atoms with Crippen LogP contribution in [0.4, 0.5) is 0 Å². The molecule has 3 rings (SSSR count). The summed E-state index contributed by atoms with van der Waals surface area (Å²) >= 11 is 0. The van der Waals surface area contributed by atoms with Crippen LogP contribution in [0.25, 0.3) is 11.0 Å². The Bertz CT molecular complexity index is 1170. The molecule has 1 amide bonds. The molecule has 0 fully saturated rings. The molecule has 2 aromatic carbocycles. The summed E-state index contributed by atoms with van der Waals surface area (Å²) < 4.78 is 26.5. The summed E-state index contributed by atoms with van der Waals surface area (Å²) in [4.78, 5) is 21.8. The van der Waals surface area contributed by atoms with E-state index in [2.05, 4.69) is 15.3 Å². The fourth-order valence-corrected chi connectivity index (χ4v) is 4.61. The molecule has 30 heavy (non-hydrogen) atoms. The van der Waals surface area contributed by atoms with Crippen molar-refractivity contribution < 1.29 is 13.2 Å². The first kappa shape index (κ1) is 21.9. The predicted octanol–water partition coefficient (Wildman–Crippen LogP) is 3.21. The van der Waals surface area contributed by atoms with Crippen molar-refractivity contribution in [2.24, 2.45) is 0 Å². The summed E-state index contributed by atoms with van der Waals surface area (Å²) in [6.45, 7) is 8.55. The lowest BCUT2D eigenvalue weighted by molar-refractivity contribution is 0.0951. The maximum absolute atomic E-state index is 12.6. The Labute approximate surface area is 177 Å². The normalized spacial score (nSPS) is 11.8. The molecule has 0 bridgehead atoms. The minimum absolute atomic E-state index is 0.225. The summed E-state index contributed by atoms with van der Waals surface area (Å²) in [5, 5.41) is 2.86. The van der Waals surface area contributed by atoms with Gasteiger partial charge in [0, 0.05) is 25.2 Å². The second kappa shape index (κ2) is 8.89. The summed E-state index contributed by atoms with van der Waals surface area (Å²) in [7, 11) is -3.49. The monoisotopic (exact) mass is 426 g/mol. The van der Waals surface area contributed by atoms with Gasteiger partial charge >= 0.3 is 0 Å². The highest BCUT2D eigenvalue weighted by Gasteiger charge is 2.21. The summed E-state index contributed by atoms with van der Waals surface area (Å²) in [5.41, 5.74) is 4.44. The van der Waals surface area contributed by atoms with Crippen molar-refractivity contribution in [3.05, 3.63) is 65.0 Å². The first-order chi connectivity index (χ1) is 14.3. The lowest BCUT2D eigenvalue weighted by Gasteiger charge is -2.18. The third kappa shape index (κ3) is 4.49. The molecule has 1 heterocycles. The number of amides is 1. The van der Waals surface area contributed by atoms with Crippen molar-refractivity contribution in [2.45, 2.75) is 39.1 Å². The highest BCUT2D eigenvalue weighted by molar-refractivity contribution is 7.89. The Morgan fingerprint density at radius 3 is 2.13 bits per heavy atom. The number of carbonyl (C=O) groups excluding carboxylic acids is 1. The van der Waals surface area contributed by atoms with Crippen LogP contribution in [0, 0.1) is 13.8 Å². The molecule has 0 atom stereocenters. The Hall–Kier alpha value is -2.84. The molecule has 7 nitrogen and oxygen atoms in total. The zero-order chi connectivity index (χ0) is 21.9. The van der Waals surface area contributed by atoms with Crippen LogP contribution < -0.4 is 5.32 Å². The van der Waals surface area contributed by atoms with Crippen LogP contribution in [0.5, 0.6) is 0 Å². The van der Waals surface area contributed by atoms with Crippen molar-refractivity contribution >= 4 is 27.0 Å². The zero-order valence-electron chi connectivity index (χ0n) is 17.6. The number of fused-ring (bicyclic) bond motifs is 1. The molecule has 3 aromatic rings. The summed E-state index contributed by atoms with van der Waals surface area (Å²) in [6.07, 6.45) is 0. The molecular weight excluding hydrogens is 400 g/mol. The van der Waals surface area contributed by atoms with Crippen molar-refractivity contribution in [2.75, 3.05) is 13.1 Å². The second-order valence-corrected chi connectivity index (χ2v) is 8.95. The standard InChI is InChI=1S/C22H26N4O3S/c1-5-26(6-2)30(28,29)19-10-7-17(8-11-19)14-23-22(27)18-9-12-20-21(13-18)25-16(4)15(3)24-20/h7-13H,5-6,14H2,1-4H3,(H,23,27). The minimum Gasteiger partial charge on any atom is -0.348 e. The summed E-state index contributed by atoms with van der Waals surface area (Å²) in [5.74, 6) is -0.225. The van der Waals surface area contributed by atoms with E-state index in [0.717, 1.165) is 22.5 Å². The van der Waals surface area contributed by atoms with Gasteiger partial charge in [0.05, 0.1) is 27.3 Å². The Kier molecular flexibility index (Phi) is 6.48. The SMILES string of the molecule is CCN(CC)S(=O)(=O)c1ccc(CNC(=O)c2ccc3nc(C)c(C)nc3c2)cc1. The number of benzene rings is 2. The smallest absolute Gasteiger partial charge is 0.251 e. The van der Waals surface area contributed by atoms with Gasteiger partial charge in [-0.2, -0.15) is 4.31 Å². The third-order valence-electron chi connectivity index (χ3n) is 5.06. The highest BCUT2D eigenvalue weighted by Crippen LogP contribution is 2.17. The predicted molar refractivity (Wildman–Crippen MR) is 117 cm³/mol. The lowest BCUT2D eigenvalue weighted by atomic mass is 10.1. The van der Waals surface area contributed by atoms with Gasteiger partial charge in [0.1, 0.15) is 0 Å². The maximum atomic E-state index is 12.6. The number of nitrogens with zero attached hydrogens (tertiary/aromatic N) is 3. The molecule has 158 valence electrons. The molecule has 0 radical (unpaired) electrons. The number of aromatic nitrogens is 2. The number of sulfonamides is 1. The van der Waals surface area contributed by atoms with E-state index in [1.54, 1.807) is 42.5 Å². The summed E-state index contributed by atoms with van der Waals surface area (Å²) in [6, 6.07) is 11.8. The van der Waals surface area contributed by atoms with E-state index < -0.39 is 10.0 Å². The van der Waals surface area contributed by atoms with E-state index in [4.69, 9.17) is 0 Å². The number of rotatable bonds is 7. The molecule has 0 spiro atoms. The van der Waals surface area contributed by atoms with Crippen LogP contribution in [0.2, 0.25) is 0 Å². The number of nitrogens with one attached hydrogen (secondary N) is 1. The maximum Gasteiger partial charge on any atom is 0.251 e. The zero-order valence-corrected chi connectivity index (χ0v) is 18.5. The van der Waals surface area contributed by atoms with Gasteiger partial charge in [-0.25, -0.2) is 18.4 Å². The van der Waals surface area contributed by atoms with Gasteiger partial charge < -0.3 is 5.32 Å². The van der Waals surface area contributed by atoms with E-state index in [-0.39, 0.29) is 10.8 Å². The van der Waals surface area contributed by atoms with Gasteiger partial charge in [0.15, 0.2) is 0 Å². The molecule has 0 saturated heterocycles. The molecule has 1 N–H and O–H groups in total. The molecule has 0 aliphatic heterocycles. The minimum atomic E-state index is -3.49. The van der Waals surface area contributed by atoms with E-state index in [0.29, 0.717) is 30.7 Å². The Balaban J connectivity index is 1.70.